The van der Waals surface area contributed by atoms with E-state index in [4.69, 9.17) is 7.85 Å². The van der Waals surface area contributed by atoms with Crippen molar-refractivity contribution >= 4 is 23.8 Å². The van der Waals surface area contributed by atoms with Gasteiger partial charge in [-0.1, -0.05) is 6.92 Å². The van der Waals surface area contributed by atoms with E-state index in [9.17, 15) is 13.2 Å². The minimum absolute atomic E-state index is 0.0560. The molecule has 0 saturated carbocycles. The van der Waals surface area contributed by atoms with Crippen LogP contribution in [0, 0.1) is 0 Å². The second-order valence-electron chi connectivity index (χ2n) is 4.97. The molecule has 1 aromatic carbocycles. The molecule has 0 saturated heterocycles. The van der Waals surface area contributed by atoms with E-state index in [1.54, 1.807) is 24.5 Å². The Morgan fingerprint density at radius 3 is 2.35 bits per heavy atom. The highest BCUT2D eigenvalue weighted by Gasteiger charge is 2.15. The Kier molecular flexibility index (Phi) is 5.52. The predicted octanol–water partition coefficient (Wildman–Crippen LogP) is 0.804. The molecule has 0 aliphatic heterocycles. The van der Waals surface area contributed by atoms with E-state index in [2.05, 4.69) is 15.0 Å². The number of sulfonamides is 1. The minimum Gasteiger partial charge on any atom is -0.348 e. The maximum Gasteiger partial charge on any atom is 0.251 e. The van der Waals surface area contributed by atoms with Gasteiger partial charge in [-0.2, -0.15) is 0 Å². The van der Waals surface area contributed by atoms with E-state index in [0.717, 1.165) is 5.56 Å². The highest BCUT2D eigenvalue weighted by Crippen LogP contribution is 2.11. The number of carbonyl (C=O) groups excluding carboxylic acids is 1. The van der Waals surface area contributed by atoms with Gasteiger partial charge in [0, 0.05) is 24.5 Å². The molecular weight excluding hydrogens is 313 g/mol. The lowest BCUT2D eigenvalue weighted by Gasteiger charge is -2.10. The van der Waals surface area contributed by atoms with Crippen LogP contribution in [-0.4, -0.2) is 33.1 Å². The lowest BCUT2D eigenvalue weighted by molar-refractivity contribution is 0.0951. The predicted molar refractivity (Wildman–Crippen MR) is 87.4 cm³/mol. The van der Waals surface area contributed by atoms with Gasteiger partial charge in [0.25, 0.3) is 5.91 Å². The number of hydrogen-bond acceptors (Lipinski definition) is 4. The highest BCUT2D eigenvalue weighted by molar-refractivity contribution is 7.89. The monoisotopic (exact) mass is 329 g/mol. The molecule has 23 heavy (non-hydrogen) atoms. The van der Waals surface area contributed by atoms with E-state index < -0.39 is 16.0 Å². The van der Waals surface area contributed by atoms with E-state index >= 15 is 0 Å². The third kappa shape index (κ3) is 4.90. The average molecular weight is 329 g/mol. The summed E-state index contributed by atoms with van der Waals surface area (Å²) in [7, 11) is 1.76. The summed E-state index contributed by atoms with van der Waals surface area (Å²) in [5.41, 5.74) is 1.30. The number of pyridine rings is 1. The van der Waals surface area contributed by atoms with Crippen molar-refractivity contribution in [1.82, 2.24) is 15.0 Å². The van der Waals surface area contributed by atoms with Gasteiger partial charge in [0.05, 0.1) is 12.7 Å². The van der Waals surface area contributed by atoms with Crippen LogP contribution in [0.25, 0.3) is 0 Å². The Morgan fingerprint density at radius 1 is 1.17 bits per heavy atom. The molecule has 8 heteroatoms. The Balaban J connectivity index is 2.03. The molecule has 1 unspecified atom stereocenters. The zero-order valence-corrected chi connectivity index (χ0v) is 13.4. The topological polar surface area (TPSA) is 88.2 Å². The maximum absolute atomic E-state index is 12.0. The Morgan fingerprint density at radius 2 is 1.78 bits per heavy atom. The molecule has 0 bridgehead atoms. The van der Waals surface area contributed by atoms with Crippen molar-refractivity contribution in [3.05, 3.63) is 59.9 Å². The van der Waals surface area contributed by atoms with E-state index in [-0.39, 0.29) is 10.8 Å². The van der Waals surface area contributed by atoms with Crippen LogP contribution in [-0.2, 0) is 16.6 Å². The van der Waals surface area contributed by atoms with Crippen molar-refractivity contribution in [2.75, 3.05) is 0 Å². The minimum atomic E-state index is -3.67. The molecule has 0 fully saturated rings. The largest absolute Gasteiger partial charge is 0.348 e. The number of benzene rings is 1. The summed E-state index contributed by atoms with van der Waals surface area (Å²) in [6.45, 7) is 1.89. The van der Waals surface area contributed by atoms with Crippen LogP contribution in [0.2, 0.25) is 0 Å². The number of amides is 1. The number of aromatic nitrogens is 1. The van der Waals surface area contributed by atoms with Crippen molar-refractivity contribution in [2.45, 2.75) is 24.3 Å². The fourth-order valence-corrected chi connectivity index (χ4v) is 3.00. The lowest BCUT2D eigenvalue weighted by atomic mass is 10.0. The first-order valence-corrected chi connectivity index (χ1v) is 8.42. The fourth-order valence-electron chi connectivity index (χ4n) is 1.88. The zero-order valence-electron chi connectivity index (χ0n) is 12.6. The number of nitrogens with one attached hydrogen (secondary N) is 2. The molecule has 6 nitrogen and oxygen atoms in total. The molecule has 1 atom stereocenters. The van der Waals surface area contributed by atoms with Gasteiger partial charge in [-0.25, -0.2) is 13.1 Å². The van der Waals surface area contributed by atoms with Crippen molar-refractivity contribution in [3.63, 3.8) is 0 Å². The molecule has 1 heterocycles. The van der Waals surface area contributed by atoms with Gasteiger partial charge in [-0.15, -0.1) is 0 Å². The second kappa shape index (κ2) is 7.39. The van der Waals surface area contributed by atoms with Crippen molar-refractivity contribution in [1.29, 1.82) is 0 Å². The summed E-state index contributed by atoms with van der Waals surface area (Å²) >= 11 is 0. The molecule has 0 aliphatic carbocycles. The number of carbonyl (C=O) groups is 1. The van der Waals surface area contributed by atoms with Crippen molar-refractivity contribution in [2.24, 2.45) is 0 Å². The molecule has 118 valence electrons. The Bertz CT molecular complexity index is 762. The van der Waals surface area contributed by atoms with Crippen LogP contribution >= 0.6 is 0 Å². The first-order valence-electron chi connectivity index (χ1n) is 6.93. The standard InChI is InChI=1S/C15H16BN3O3S/c1-11(16)19-23(21,22)14-4-2-13(3-5-14)15(20)18-10-12-6-8-17-9-7-12/h2-9,11,19H,10H2,1H3,(H,18,20). The molecule has 2 N–H and O–H groups in total. The summed E-state index contributed by atoms with van der Waals surface area (Å²) in [5.74, 6) is -0.978. The molecule has 2 radical (unpaired) electrons. The molecule has 2 aromatic rings. The fraction of sp³-hybridized carbons (Fsp3) is 0.200. The first kappa shape index (κ1) is 17.2. The van der Waals surface area contributed by atoms with Gasteiger partial charge in [0.1, 0.15) is 0 Å². The number of rotatable bonds is 6. The molecule has 1 aromatic heterocycles. The molecule has 1 amide bonds. The smallest absolute Gasteiger partial charge is 0.251 e. The van der Waals surface area contributed by atoms with Crippen molar-refractivity contribution < 1.29 is 13.2 Å². The quantitative estimate of drug-likeness (QED) is 0.768. The number of nitrogens with zero attached hydrogens (tertiary/aromatic N) is 1. The Labute approximate surface area is 136 Å². The van der Waals surface area contributed by atoms with Gasteiger partial charge >= 0.3 is 0 Å². The molecule has 0 aliphatic rings. The van der Waals surface area contributed by atoms with E-state index in [1.807, 2.05) is 0 Å². The van der Waals surface area contributed by atoms with E-state index in [0.29, 0.717) is 12.1 Å². The third-order valence-electron chi connectivity index (χ3n) is 2.97. The summed E-state index contributed by atoms with van der Waals surface area (Å²) in [6.07, 6.45) is 3.29. The number of hydrogen-bond donors (Lipinski definition) is 2. The van der Waals surface area contributed by atoms with Gasteiger partial charge in [-0.3, -0.25) is 9.78 Å². The first-order chi connectivity index (χ1) is 10.9. The van der Waals surface area contributed by atoms with Crippen LogP contribution in [0.1, 0.15) is 22.8 Å². The van der Waals surface area contributed by atoms with Crippen LogP contribution < -0.4 is 10.0 Å². The van der Waals surface area contributed by atoms with Crippen molar-refractivity contribution in [3.8, 4) is 0 Å². The normalized spacial score (nSPS) is 12.6. The zero-order chi connectivity index (χ0) is 16.9. The van der Waals surface area contributed by atoms with Crippen LogP contribution in [0.4, 0.5) is 0 Å². The van der Waals surface area contributed by atoms with Gasteiger partial charge in [-0.05, 0) is 47.9 Å². The van der Waals surface area contributed by atoms with Crippen LogP contribution in [0.3, 0.4) is 0 Å². The SMILES string of the molecule is [B]C(C)NS(=O)(=O)c1ccc(C(=O)NCc2ccncc2)cc1. The summed E-state index contributed by atoms with van der Waals surface area (Å²) in [5, 5.41) is 2.75. The van der Waals surface area contributed by atoms with Crippen LogP contribution in [0.5, 0.6) is 0 Å². The summed E-state index contributed by atoms with van der Waals surface area (Å²) in [4.78, 5) is 16.0. The maximum atomic E-state index is 12.0. The molecule has 0 spiro atoms. The van der Waals surface area contributed by atoms with Crippen LogP contribution in [0.15, 0.2) is 53.7 Å². The molecular formula is C15H16BN3O3S. The summed E-state index contributed by atoms with van der Waals surface area (Å²) < 4.78 is 26.1. The lowest BCUT2D eigenvalue weighted by Crippen LogP contribution is -2.32. The van der Waals surface area contributed by atoms with Gasteiger partial charge in [0.2, 0.25) is 10.0 Å². The summed E-state index contributed by atoms with van der Waals surface area (Å²) in [6, 6.07) is 9.25. The Hall–Kier alpha value is -2.19. The average Bonchev–Trinajstić information content (AvgIpc) is 2.52. The highest BCUT2D eigenvalue weighted by atomic mass is 32.2. The second-order valence-corrected chi connectivity index (χ2v) is 6.69. The van der Waals surface area contributed by atoms with E-state index in [1.165, 1.54) is 31.2 Å². The van der Waals surface area contributed by atoms with Gasteiger partial charge < -0.3 is 5.32 Å². The molecule has 2 rings (SSSR count). The third-order valence-corrected chi connectivity index (χ3v) is 4.55. The van der Waals surface area contributed by atoms with Gasteiger partial charge in [0.15, 0.2) is 0 Å².